The molecule has 1 heterocycles. The van der Waals surface area contributed by atoms with Crippen LogP contribution in [0, 0.1) is 0 Å². The van der Waals surface area contributed by atoms with Crippen LogP contribution in [0.4, 0.5) is 5.69 Å². The second kappa shape index (κ2) is 8.05. The molecule has 138 valence electrons. The van der Waals surface area contributed by atoms with Crippen LogP contribution < -0.4 is 4.31 Å². The number of halogens is 1. The highest BCUT2D eigenvalue weighted by Crippen LogP contribution is 2.29. The number of carbonyl (C=O) groups is 2. The zero-order chi connectivity index (χ0) is 18.6. The third kappa shape index (κ3) is 4.85. The van der Waals surface area contributed by atoms with Crippen LogP contribution in [0.5, 0.6) is 0 Å². The SMILES string of the molecule is COC(=O)c1ccc(Cl)c(N(CC(=O)N2CCCCC2)S(C)(=O)=O)c1. The number of benzene rings is 1. The number of rotatable bonds is 5. The largest absolute Gasteiger partial charge is 0.465 e. The molecule has 1 aliphatic heterocycles. The molecule has 1 fully saturated rings. The van der Waals surface area contributed by atoms with E-state index in [2.05, 4.69) is 4.74 Å². The van der Waals surface area contributed by atoms with E-state index >= 15 is 0 Å². The summed E-state index contributed by atoms with van der Waals surface area (Å²) < 4.78 is 30.0. The standard InChI is InChI=1S/C16H21ClN2O5S/c1-24-16(21)12-6-7-13(17)14(10-12)19(25(2,22)23)11-15(20)18-8-4-3-5-9-18/h6-7,10H,3-5,8-9,11H2,1-2H3. The smallest absolute Gasteiger partial charge is 0.337 e. The summed E-state index contributed by atoms with van der Waals surface area (Å²) in [6, 6.07) is 4.16. The molecule has 7 nitrogen and oxygen atoms in total. The normalized spacial score (nSPS) is 14.9. The van der Waals surface area contributed by atoms with Gasteiger partial charge in [-0.3, -0.25) is 9.10 Å². The summed E-state index contributed by atoms with van der Waals surface area (Å²) in [7, 11) is -2.55. The van der Waals surface area contributed by atoms with E-state index in [0.717, 1.165) is 29.8 Å². The number of amides is 1. The molecule has 0 bridgehead atoms. The van der Waals surface area contributed by atoms with Crippen LogP contribution in [0.1, 0.15) is 29.6 Å². The van der Waals surface area contributed by atoms with Crippen molar-refractivity contribution in [1.29, 1.82) is 0 Å². The summed E-state index contributed by atoms with van der Waals surface area (Å²) >= 11 is 6.13. The van der Waals surface area contributed by atoms with Crippen molar-refractivity contribution in [3.63, 3.8) is 0 Å². The van der Waals surface area contributed by atoms with Gasteiger partial charge in [0, 0.05) is 13.1 Å². The van der Waals surface area contributed by atoms with Crippen molar-refractivity contribution in [2.24, 2.45) is 0 Å². The number of methoxy groups -OCH3 is 1. The number of hydrogen-bond donors (Lipinski definition) is 0. The van der Waals surface area contributed by atoms with Crippen LogP contribution in [0.2, 0.25) is 5.02 Å². The van der Waals surface area contributed by atoms with Crippen molar-refractivity contribution >= 4 is 39.2 Å². The molecule has 0 aromatic heterocycles. The van der Waals surface area contributed by atoms with E-state index in [-0.39, 0.29) is 28.7 Å². The van der Waals surface area contributed by atoms with Gasteiger partial charge < -0.3 is 9.64 Å². The molecule has 9 heteroatoms. The van der Waals surface area contributed by atoms with Crippen molar-refractivity contribution in [1.82, 2.24) is 4.90 Å². The minimum atomic E-state index is -3.77. The summed E-state index contributed by atoms with van der Waals surface area (Å²) in [6.07, 6.45) is 3.87. The fourth-order valence-corrected chi connectivity index (χ4v) is 3.82. The number of likely N-dealkylation sites (tertiary alicyclic amines) is 1. The highest BCUT2D eigenvalue weighted by molar-refractivity contribution is 7.92. The Kier molecular flexibility index (Phi) is 6.29. The Hall–Kier alpha value is -1.80. The Morgan fingerprint density at radius 2 is 1.88 bits per heavy atom. The van der Waals surface area contributed by atoms with Crippen LogP contribution in [0.3, 0.4) is 0 Å². The predicted octanol–water partition coefficient (Wildman–Crippen LogP) is 1.91. The zero-order valence-electron chi connectivity index (χ0n) is 14.2. The average molecular weight is 389 g/mol. The number of hydrogen-bond acceptors (Lipinski definition) is 5. The van der Waals surface area contributed by atoms with Gasteiger partial charge in [0.05, 0.1) is 29.6 Å². The number of sulfonamides is 1. The second-order valence-corrected chi connectivity index (χ2v) is 8.18. The Morgan fingerprint density at radius 3 is 2.44 bits per heavy atom. The molecule has 0 saturated carbocycles. The molecule has 1 aromatic carbocycles. The van der Waals surface area contributed by atoms with Gasteiger partial charge in [0.2, 0.25) is 15.9 Å². The fourth-order valence-electron chi connectivity index (χ4n) is 2.70. The maximum Gasteiger partial charge on any atom is 0.337 e. The van der Waals surface area contributed by atoms with Gasteiger partial charge in [0.1, 0.15) is 6.54 Å². The minimum absolute atomic E-state index is 0.0810. The highest BCUT2D eigenvalue weighted by atomic mass is 35.5. The van der Waals surface area contributed by atoms with E-state index in [4.69, 9.17) is 11.6 Å². The Bertz CT molecular complexity index is 760. The molecule has 0 unspecified atom stereocenters. The van der Waals surface area contributed by atoms with Crippen molar-refractivity contribution in [2.45, 2.75) is 19.3 Å². The monoisotopic (exact) mass is 388 g/mol. The molecule has 1 aromatic rings. The number of anilines is 1. The first kappa shape index (κ1) is 19.5. The molecule has 1 saturated heterocycles. The summed E-state index contributed by atoms with van der Waals surface area (Å²) in [5.41, 5.74) is 0.235. The molecule has 25 heavy (non-hydrogen) atoms. The zero-order valence-corrected chi connectivity index (χ0v) is 15.8. The van der Waals surface area contributed by atoms with Crippen molar-refractivity contribution in [2.75, 3.05) is 37.3 Å². The third-order valence-electron chi connectivity index (χ3n) is 4.02. The number of carbonyl (C=O) groups excluding carboxylic acids is 2. The predicted molar refractivity (Wildman–Crippen MR) is 95.4 cm³/mol. The lowest BCUT2D eigenvalue weighted by atomic mass is 10.1. The number of esters is 1. The molecule has 0 atom stereocenters. The fraction of sp³-hybridized carbons (Fsp3) is 0.500. The van der Waals surface area contributed by atoms with E-state index in [1.807, 2.05) is 0 Å². The summed E-state index contributed by atoms with van der Waals surface area (Å²) in [6.45, 7) is 0.877. The van der Waals surface area contributed by atoms with Gasteiger partial charge >= 0.3 is 5.97 Å². The van der Waals surface area contributed by atoms with Crippen LogP contribution in [0.15, 0.2) is 18.2 Å². The molecule has 1 amide bonds. The van der Waals surface area contributed by atoms with Crippen LogP contribution >= 0.6 is 11.6 Å². The lowest BCUT2D eigenvalue weighted by molar-refractivity contribution is -0.130. The van der Waals surface area contributed by atoms with E-state index < -0.39 is 16.0 Å². The lowest BCUT2D eigenvalue weighted by Crippen LogP contribution is -2.44. The topological polar surface area (TPSA) is 84.0 Å². The Morgan fingerprint density at radius 1 is 1.24 bits per heavy atom. The minimum Gasteiger partial charge on any atom is -0.465 e. The summed E-state index contributed by atoms with van der Waals surface area (Å²) in [4.78, 5) is 25.9. The van der Waals surface area contributed by atoms with Crippen molar-refractivity contribution in [3.8, 4) is 0 Å². The second-order valence-electron chi connectivity index (χ2n) is 5.87. The third-order valence-corrected chi connectivity index (χ3v) is 5.47. The molecule has 0 spiro atoms. The van der Waals surface area contributed by atoms with Gasteiger partial charge in [0.25, 0.3) is 0 Å². The number of piperidine rings is 1. The van der Waals surface area contributed by atoms with Crippen molar-refractivity contribution < 1.29 is 22.7 Å². The summed E-state index contributed by atoms with van der Waals surface area (Å²) in [5.74, 6) is -0.904. The molecule has 1 aliphatic rings. The molecule has 0 radical (unpaired) electrons. The van der Waals surface area contributed by atoms with Gasteiger partial charge in [-0.05, 0) is 37.5 Å². The molecular formula is C16H21ClN2O5S. The number of nitrogens with zero attached hydrogens (tertiary/aromatic N) is 2. The maximum absolute atomic E-state index is 12.5. The first-order chi connectivity index (χ1) is 11.7. The van der Waals surface area contributed by atoms with Crippen molar-refractivity contribution in [3.05, 3.63) is 28.8 Å². The lowest BCUT2D eigenvalue weighted by Gasteiger charge is -2.30. The molecular weight excluding hydrogens is 368 g/mol. The van der Waals surface area contributed by atoms with Gasteiger partial charge in [-0.2, -0.15) is 0 Å². The molecule has 2 rings (SSSR count). The van der Waals surface area contributed by atoms with Gasteiger partial charge in [-0.25, -0.2) is 13.2 Å². The number of ether oxygens (including phenoxy) is 1. The highest BCUT2D eigenvalue weighted by Gasteiger charge is 2.27. The van der Waals surface area contributed by atoms with E-state index in [1.165, 1.54) is 25.3 Å². The average Bonchev–Trinajstić information content (AvgIpc) is 2.59. The van der Waals surface area contributed by atoms with E-state index in [1.54, 1.807) is 4.90 Å². The summed E-state index contributed by atoms with van der Waals surface area (Å²) in [5, 5.41) is 0.129. The van der Waals surface area contributed by atoms with Gasteiger partial charge in [-0.15, -0.1) is 0 Å². The Balaban J connectivity index is 2.35. The van der Waals surface area contributed by atoms with Crippen LogP contribution in [0.25, 0.3) is 0 Å². The van der Waals surface area contributed by atoms with Gasteiger partial charge in [-0.1, -0.05) is 11.6 Å². The first-order valence-corrected chi connectivity index (χ1v) is 10.1. The van der Waals surface area contributed by atoms with Gasteiger partial charge in [0.15, 0.2) is 0 Å². The van der Waals surface area contributed by atoms with Crippen LogP contribution in [-0.2, 0) is 19.6 Å². The molecule has 0 aliphatic carbocycles. The Labute approximate surface area is 152 Å². The first-order valence-electron chi connectivity index (χ1n) is 7.87. The van der Waals surface area contributed by atoms with E-state index in [0.29, 0.717) is 13.1 Å². The van der Waals surface area contributed by atoms with Crippen LogP contribution in [-0.4, -0.2) is 58.2 Å². The molecule has 0 N–H and O–H groups in total. The van der Waals surface area contributed by atoms with E-state index in [9.17, 15) is 18.0 Å². The quantitative estimate of drug-likeness (QED) is 0.719. The maximum atomic E-state index is 12.5.